The minimum Gasteiger partial charge on any atom is -0.506 e. The van der Waals surface area contributed by atoms with Gasteiger partial charge in [0, 0.05) is 12.4 Å². The predicted molar refractivity (Wildman–Crippen MR) is 86.6 cm³/mol. The summed E-state index contributed by atoms with van der Waals surface area (Å²) in [6.07, 6.45) is 3.10. The lowest BCUT2D eigenvalue weighted by Crippen LogP contribution is -2.05. The molecular weight excluding hydrogens is 332 g/mol. The van der Waals surface area contributed by atoms with Crippen LogP contribution in [0.25, 0.3) is 17.3 Å². The average molecular weight is 348 g/mol. The van der Waals surface area contributed by atoms with Crippen molar-refractivity contribution in [1.82, 2.24) is 9.55 Å². The normalized spacial score (nSPS) is 11.8. The van der Waals surface area contributed by atoms with Gasteiger partial charge in [0.05, 0.1) is 16.3 Å². The second-order valence-corrected chi connectivity index (χ2v) is 7.38. The highest BCUT2D eigenvalue weighted by Gasteiger charge is 2.18. The molecule has 0 unspecified atom stereocenters. The highest BCUT2D eigenvalue weighted by atomic mass is 32.2. The molecule has 126 valence electrons. The van der Waals surface area contributed by atoms with E-state index in [9.17, 15) is 13.5 Å². The smallest absolute Gasteiger partial charge is 0.180 e. The van der Waals surface area contributed by atoms with Crippen molar-refractivity contribution < 1.29 is 23.0 Å². The number of nitrogens with zero attached hydrogens (tertiary/aromatic N) is 2. The molecule has 8 heteroatoms. The van der Waals surface area contributed by atoms with E-state index in [2.05, 4.69) is 4.98 Å². The lowest BCUT2D eigenvalue weighted by molar-refractivity contribution is 0.248. The van der Waals surface area contributed by atoms with Crippen LogP contribution in [0.1, 0.15) is 12.7 Å². The third-order valence-electron chi connectivity index (χ3n) is 3.62. The molecule has 7 nitrogen and oxygen atoms in total. The van der Waals surface area contributed by atoms with Gasteiger partial charge in [-0.25, -0.2) is 13.4 Å². The first-order chi connectivity index (χ1) is 11.5. The van der Waals surface area contributed by atoms with Gasteiger partial charge in [0.2, 0.25) is 0 Å². The van der Waals surface area contributed by atoms with Crippen molar-refractivity contribution in [2.45, 2.75) is 18.4 Å². The molecule has 0 aliphatic heterocycles. The van der Waals surface area contributed by atoms with Crippen molar-refractivity contribution in [3.8, 4) is 23.0 Å². The van der Waals surface area contributed by atoms with E-state index in [1.807, 2.05) is 0 Å². The van der Waals surface area contributed by atoms with Gasteiger partial charge < -0.3 is 14.6 Å². The van der Waals surface area contributed by atoms with E-state index in [1.54, 1.807) is 25.3 Å². The Labute approximate surface area is 138 Å². The lowest BCUT2D eigenvalue weighted by atomic mass is 10.3. The molecule has 3 rings (SSSR count). The maximum absolute atomic E-state index is 12.1. The molecule has 0 radical (unpaired) electrons. The Morgan fingerprint density at radius 3 is 2.71 bits per heavy atom. The second-order valence-electron chi connectivity index (χ2n) is 5.10. The maximum Gasteiger partial charge on any atom is 0.180 e. The van der Waals surface area contributed by atoms with Gasteiger partial charge in [-0.15, -0.1) is 0 Å². The van der Waals surface area contributed by atoms with Crippen LogP contribution in [0, 0.1) is 0 Å². The summed E-state index contributed by atoms with van der Waals surface area (Å²) in [7, 11) is -3.41. The number of aliphatic hydroxyl groups excluding tert-OH is 1. The Hall–Kier alpha value is -2.58. The Kier molecular flexibility index (Phi) is 4.16. The quantitative estimate of drug-likeness (QED) is 0.732. The number of benzene rings is 1. The zero-order valence-corrected chi connectivity index (χ0v) is 13.7. The van der Waals surface area contributed by atoms with Crippen LogP contribution in [-0.2, 0) is 16.4 Å². The van der Waals surface area contributed by atoms with Crippen molar-refractivity contribution in [3.63, 3.8) is 0 Å². The molecule has 1 aromatic carbocycles. The molecule has 2 heterocycles. The van der Waals surface area contributed by atoms with E-state index < -0.39 is 9.84 Å². The minimum absolute atomic E-state index is 0.0357. The standard InChI is InChI=1S/C16H16N2O5S/c1-2-24(21,22)12-4-5-14(20)13(9-12)18-8-7-17-16(18)15-6-3-11(10-19)23-15/h3-9,19-20H,2,10H2,1H3. The highest BCUT2D eigenvalue weighted by Crippen LogP contribution is 2.30. The highest BCUT2D eigenvalue weighted by molar-refractivity contribution is 7.91. The average Bonchev–Trinajstić information content (AvgIpc) is 3.23. The van der Waals surface area contributed by atoms with Gasteiger partial charge in [-0.3, -0.25) is 4.57 Å². The summed E-state index contributed by atoms with van der Waals surface area (Å²) < 4.78 is 31.2. The van der Waals surface area contributed by atoms with Gasteiger partial charge in [-0.1, -0.05) is 6.92 Å². The Morgan fingerprint density at radius 1 is 1.25 bits per heavy atom. The zero-order chi connectivity index (χ0) is 17.3. The first kappa shape index (κ1) is 16.3. The van der Waals surface area contributed by atoms with Crippen LogP contribution in [0.5, 0.6) is 5.75 Å². The number of aliphatic hydroxyl groups is 1. The van der Waals surface area contributed by atoms with Gasteiger partial charge in [0.1, 0.15) is 18.1 Å². The summed E-state index contributed by atoms with van der Waals surface area (Å²) in [6, 6.07) is 7.36. The first-order valence-electron chi connectivity index (χ1n) is 7.25. The van der Waals surface area contributed by atoms with Crippen molar-refractivity contribution in [2.75, 3.05) is 5.75 Å². The maximum atomic E-state index is 12.1. The molecule has 0 aliphatic rings. The fraction of sp³-hybridized carbons (Fsp3) is 0.188. The van der Waals surface area contributed by atoms with Crippen LogP contribution in [0.2, 0.25) is 0 Å². The van der Waals surface area contributed by atoms with Crippen molar-refractivity contribution in [3.05, 3.63) is 48.5 Å². The number of aromatic nitrogens is 2. The largest absolute Gasteiger partial charge is 0.506 e. The Balaban J connectivity index is 2.14. The molecule has 0 spiro atoms. The number of rotatable bonds is 5. The molecule has 0 fully saturated rings. The van der Waals surface area contributed by atoms with E-state index >= 15 is 0 Å². The number of sulfone groups is 1. The van der Waals surface area contributed by atoms with Gasteiger partial charge in [-0.2, -0.15) is 0 Å². The van der Waals surface area contributed by atoms with Crippen LogP contribution >= 0.6 is 0 Å². The monoisotopic (exact) mass is 348 g/mol. The van der Waals surface area contributed by atoms with Gasteiger partial charge >= 0.3 is 0 Å². The molecular formula is C16H16N2O5S. The molecule has 0 atom stereocenters. The number of hydrogen-bond acceptors (Lipinski definition) is 6. The van der Waals surface area contributed by atoms with Crippen LogP contribution in [0.4, 0.5) is 0 Å². The molecule has 2 aromatic heterocycles. The van der Waals surface area contributed by atoms with E-state index in [0.717, 1.165) is 0 Å². The number of phenols is 1. The Bertz CT molecular complexity index is 972. The summed E-state index contributed by atoms with van der Waals surface area (Å²) in [5.41, 5.74) is 0.277. The Morgan fingerprint density at radius 2 is 2.04 bits per heavy atom. The predicted octanol–water partition coefficient (Wildman–Crippen LogP) is 2.12. The van der Waals surface area contributed by atoms with Crippen LogP contribution < -0.4 is 0 Å². The fourth-order valence-electron chi connectivity index (χ4n) is 2.32. The van der Waals surface area contributed by atoms with Crippen LogP contribution in [-0.4, -0.2) is 33.9 Å². The molecule has 0 saturated carbocycles. The van der Waals surface area contributed by atoms with Crippen molar-refractivity contribution >= 4 is 9.84 Å². The van der Waals surface area contributed by atoms with Gasteiger partial charge in [0.25, 0.3) is 0 Å². The van der Waals surface area contributed by atoms with Gasteiger partial charge in [0.15, 0.2) is 21.4 Å². The van der Waals surface area contributed by atoms with E-state index in [1.165, 1.54) is 29.0 Å². The molecule has 24 heavy (non-hydrogen) atoms. The van der Waals surface area contributed by atoms with E-state index in [4.69, 9.17) is 9.52 Å². The fourth-order valence-corrected chi connectivity index (χ4v) is 3.22. The van der Waals surface area contributed by atoms with E-state index in [0.29, 0.717) is 17.3 Å². The minimum atomic E-state index is -3.41. The number of hydrogen-bond donors (Lipinski definition) is 2. The molecule has 0 aliphatic carbocycles. The number of phenolic OH excluding ortho intramolecular Hbond substituents is 1. The molecule has 2 N–H and O–H groups in total. The van der Waals surface area contributed by atoms with Crippen LogP contribution in [0.15, 0.2) is 52.0 Å². The molecule has 3 aromatic rings. The molecule has 0 amide bonds. The lowest BCUT2D eigenvalue weighted by Gasteiger charge is -2.11. The number of furan rings is 1. The molecule has 0 saturated heterocycles. The summed E-state index contributed by atoms with van der Waals surface area (Å²) in [6.45, 7) is 1.32. The third-order valence-corrected chi connectivity index (χ3v) is 5.36. The summed E-state index contributed by atoms with van der Waals surface area (Å²) in [5.74, 6) is 1.04. The topological polar surface area (TPSA) is 106 Å². The van der Waals surface area contributed by atoms with Crippen molar-refractivity contribution in [1.29, 1.82) is 0 Å². The summed E-state index contributed by atoms with van der Waals surface area (Å²) in [5, 5.41) is 19.3. The third kappa shape index (κ3) is 2.81. The van der Waals surface area contributed by atoms with Crippen molar-refractivity contribution in [2.24, 2.45) is 0 Å². The first-order valence-corrected chi connectivity index (χ1v) is 8.91. The van der Waals surface area contributed by atoms with Gasteiger partial charge in [-0.05, 0) is 30.3 Å². The zero-order valence-electron chi connectivity index (χ0n) is 12.9. The summed E-state index contributed by atoms with van der Waals surface area (Å²) >= 11 is 0. The second kappa shape index (κ2) is 6.14. The van der Waals surface area contributed by atoms with Crippen LogP contribution in [0.3, 0.4) is 0 Å². The molecule has 0 bridgehead atoms. The summed E-state index contributed by atoms with van der Waals surface area (Å²) in [4.78, 5) is 4.31. The number of imidazole rings is 1. The number of aromatic hydroxyl groups is 1. The van der Waals surface area contributed by atoms with E-state index in [-0.39, 0.29) is 28.7 Å². The SMILES string of the molecule is CCS(=O)(=O)c1ccc(O)c(-n2ccnc2-c2ccc(CO)o2)c1.